The summed E-state index contributed by atoms with van der Waals surface area (Å²) in [6, 6.07) is 29.0. The Labute approximate surface area is 173 Å². The predicted molar refractivity (Wildman–Crippen MR) is 118 cm³/mol. The van der Waals surface area contributed by atoms with Crippen molar-refractivity contribution in [3.05, 3.63) is 113 Å². The normalized spacial score (nSPS) is 10.8. The third kappa shape index (κ3) is 7.24. The van der Waals surface area contributed by atoms with Crippen molar-refractivity contribution in [1.29, 1.82) is 0 Å². The number of rotatable bonds is 8. The summed E-state index contributed by atoms with van der Waals surface area (Å²) in [7, 11) is -1.76. The summed E-state index contributed by atoms with van der Waals surface area (Å²) < 4.78 is 0. The van der Waals surface area contributed by atoms with Crippen LogP contribution >= 0.6 is 0 Å². The first-order valence-electron chi connectivity index (χ1n) is 9.47. The molecule has 0 aliphatic rings. The van der Waals surface area contributed by atoms with E-state index in [1.54, 1.807) is 0 Å². The summed E-state index contributed by atoms with van der Waals surface area (Å²) in [5.74, 6) is -0.217. The molecule has 0 spiro atoms. The fourth-order valence-corrected chi connectivity index (χ4v) is 4.18. The van der Waals surface area contributed by atoms with E-state index in [2.05, 4.69) is 9.96 Å². The molecule has 0 aliphatic heterocycles. The van der Waals surface area contributed by atoms with Crippen molar-refractivity contribution in [3.63, 3.8) is 0 Å². The van der Waals surface area contributed by atoms with Gasteiger partial charge in [0.25, 0.3) is 0 Å². The van der Waals surface area contributed by atoms with E-state index in [9.17, 15) is 9.59 Å². The van der Waals surface area contributed by atoms with Crippen molar-refractivity contribution in [2.24, 2.45) is 0 Å². The van der Waals surface area contributed by atoms with E-state index < -0.39 is 9.12 Å². The molecule has 2 amide bonds. The molecule has 29 heavy (non-hydrogen) atoms. The van der Waals surface area contributed by atoms with Gasteiger partial charge in [0.05, 0.1) is 12.8 Å². The van der Waals surface area contributed by atoms with Crippen molar-refractivity contribution in [2.45, 2.75) is 12.8 Å². The Balaban J connectivity index is 1.66. The van der Waals surface area contributed by atoms with Gasteiger partial charge in [-0.3, -0.25) is 9.59 Å². The Hall–Kier alpha value is -3.44. The van der Waals surface area contributed by atoms with Crippen molar-refractivity contribution < 1.29 is 9.59 Å². The molecule has 0 unspecified atom stereocenters. The van der Waals surface area contributed by atoms with Crippen molar-refractivity contribution in [1.82, 2.24) is 9.96 Å². The smallest absolute Gasteiger partial charge is 0.327 e. The molecule has 0 bridgehead atoms. The number of hydrogen-bond acceptors (Lipinski definition) is 2. The summed E-state index contributed by atoms with van der Waals surface area (Å²) in [5.41, 5.74) is 4.79. The molecular formula is C24H23N2O2Si. The van der Waals surface area contributed by atoms with Crippen LogP contribution in [0.3, 0.4) is 0 Å². The number of benzene rings is 3. The highest BCUT2D eigenvalue weighted by Gasteiger charge is 2.17. The van der Waals surface area contributed by atoms with Gasteiger partial charge < -0.3 is 9.96 Å². The van der Waals surface area contributed by atoms with Crippen LogP contribution in [0.1, 0.15) is 16.7 Å². The molecule has 145 valence electrons. The van der Waals surface area contributed by atoms with Gasteiger partial charge >= 0.3 is 9.12 Å². The van der Waals surface area contributed by atoms with Gasteiger partial charge in [-0.05, 0) is 16.7 Å². The van der Waals surface area contributed by atoms with Crippen LogP contribution in [-0.2, 0) is 22.4 Å². The number of nitrogens with one attached hydrogen (secondary N) is 2. The van der Waals surface area contributed by atoms with Crippen LogP contribution in [-0.4, -0.2) is 20.9 Å². The Morgan fingerprint density at radius 2 is 1.07 bits per heavy atom. The average Bonchev–Trinajstić information content (AvgIpc) is 2.74. The van der Waals surface area contributed by atoms with Crippen LogP contribution in [0.4, 0.5) is 0 Å². The van der Waals surface area contributed by atoms with E-state index in [4.69, 9.17) is 0 Å². The fraction of sp³-hybridized carbons (Fsp3) is 0.0833. The van der Waals surface area contributed by atoms with Crippen LogP contribution in [0.5, 0.6) is 0 Å². The molecule has 3 aromatic carbocycles. The van der Waals surface area contributed by atoms with Crippen LogP contribution in [0.2, 0.25) is 0 Å². The van der Waals surface area contributed by atoms with E-state index in [1.807, 2.05) is 103 Å². The second-order valence-corrected chi connectivity index (χ2v) is 8.24. The monoisotopic (exact) mass is 399 g/mol. The zero-order chi connectivity index (χ0) is 20.3. The first-order valence-corrected chi connectivity index (χ1v) is 11.0. The van der Waals surface area contributed by atoms with Crippen LogP contribution < -0.4 is 9.96 Å². The Morgan fingerprint density at radius 3 is 1.52 bits per heavy atom. The molecule has 0 aromatic heterocycles. The molecule has 5 heteroatoms. The zero-order valence-electron chi connectivity index (χ0n) is 16.0. The van der Waals surface area contributed by atoms with E-state index in [1.165, 1.54) is 0 Å². The van der Waals surface area contributed by atoms with Gasteiger partial charge in [0.1, 0.15) is 0 Å². The molecule has 3 aromatic rings. The summed E-state index contributed by atoms with van der Waals surface area (Å²) in [4.78, 5) is 31.0. The van der Waals surface area contributed by atoms with Crippen LogP contribution in [0.25, 0.3) is 6.08 Å². The number of hydrogen-bond donors (Lipinski definition) is 2. The minimum absolute atomic E-state index is 0.109. The highest BCUT2D eigenvalue weighted by molar-refractivity contribution is 6.65. The highest BCUT2D eigenvalue weighted by Crippen LogP contribution is 2.03. The maximum atomic E-state index is 12.5. The lowest BCUT2D eigenvalue weighted by Crippen LogP contribution is -2.52. The second kappa shape index (κ2) is 10.8. The highest BCUT2D eigenvalue weighted by atomic mass is 28.3. The molecule has 0 saturated carbocycles. The summed E-state index contributed by atoms with van der Waals surface area (Å²) in [6.07, 6.45) is 2.49. The number of carbonyl (C=O) groups is 2. The topological polar surface area (TPSA) is 58.2 Å². The second-order valence-electron chi connectivity index (χ2n) is 6.58. The summed E-state index contributed by atoms with van der Waals surface area (Å²) in [5, 5.41) is 0. The molecule has 3 rings (SSSR count). The molecule has 0 atom stereocenters. The lowest BCUT2D eigenvalue weighted by Gasteiger charge is -2.14. The third-order valence-electron chi connectivity index (χ3n) is 4.21. The molecule has 0 heterocycles. The molecular weight excluding hydrogens is 376 g/mol. The zero-order valence-corrected chi connectivity index (χ0v) is 17.0. The quantitative estimate of drug-likeness (QED) is 0.570. The SMILES string of the molecule is O=C(Cc1ccccc1)N[Si](C=Cc1ccccc1)NC(=O)Cc1ccccc1. The van der Waals surface area contributed by atoms with Crippen molar-refractivity contribution in [3.8, 4) is 0 Å². The van der Waals surface area contributed by atoms with Crippen molar-refractivity contribution >= 4 is 27.0 Å². The van der Waals surface area contributed by atoms with E-state index in [0.29, 0.717) is 0 Å². The molecule has 0 saturated heterocycles. The molecule has 2 N–H and O–H groups in total. The number of carbonyl (C=O) groups excluding carboxylic acids is 2. The largest absolute Gasteiger partial charge is 0.361 e. The molecule has 0 aliphatic carbocycles. The minimum Gasteiger partial charge on any atom is -0.361 e. The van der Waals surface area contributed by atoms with Gasteiger partial charge in [-0.15, -0.1) is 0 Å². The van der Waals surface area contributed by atoms with Gasteiger partial charge in [-0.1, -0.05) is 103 Å². The van der Waals surface area contributed by atoms with Gasteiger partial charge in [0, 0.05) is 0 Å². The Bertz CT molecular complexity index is 889. The minimum atomic E-state index is -1.76. The van der Waals surface area contributed by atoms with E-state index in [-0.39, 0.29) is 24.7 Å². The third-order valence-corrected chi connectivity index (χ3v) is 5.80. The summed E-state index contributed by atoms with van der Waals surface area (Å²) >= 11 is 0. The average molecular weight is 400 g/mol. The lowest BCUT2D eigenvalue weighted by molar-refractivity contribution is -0.119. The van der Waals surface area contributed by atoms with Gasteiger partial charge in [0.2, 0.25) is 11.8 Å². The van der Waals surface area contributed by atoms with Gasteiger partial charge in [-0.25, -0.2) is 0 Å². The molecule has 1 radical (unpaired) electrons. The first kappa shape index (κ1) is 20.3. The summed E-state index contributed by atoms with van der Waals surface area (Å²) in [6.45, 7) is 0. The van der Waals surface area contributed by atoms with Crippen LogP contribution in [0, 0.1) is 0 Å². The lowest BCUT2D eigenvalue weighted by atomic mass is 10.1. The molecule has 4 nitrogen and oxygen atoms in total. The fourth-order valence-electron chi connectivity index (χ4n) is 2.81. The first-order chi connectivity index (χ1) is 14.2. The van der Waals surface area contributed by atoms with E-state index >= 15 is 0 Å². The maximum Gasteiger partial charge on any atom is 0.327 e. The molecule has 0 fully saturated rings. The van der Waals surface area contributed by atoms with Gasteiger partial charge in [-0.2, -0.15) is 0 Å². The van der Waals surface area contributed by atoms with E-state index in [0.717, 1.165) is 16.7 Å². The van der Waals surface area contributed by atoms with Gasteiger partial charge in [0.15, 0.2) is 0 Å². The van der Waals surface area contributed by atoms with Crippen LogP contribution in [0.15, 0.2) is 96.7 Å². The Morgan fingerprint density at radius 1 is 0.655 bits per heavy atom. The van der Waals surface area contributed by atoms with Crippen molar-refractivity contribution in [2.75, 3.05) is 0 Å². The number of amides is 2. The standard InChI is InChI=1S/C24H23N2O2Si/c27-23(18-21-12-6-2-7-13-21)25-29(17-16-20-10-4-1-5-11-20)26-24(28)19-22-14-8-3-9-15-22/h1-17H,18-19H2,(H,25,27)(H,26,28). The maximum absolute atomic E-state index is 12.5. The Kier molecular flexibility index (Phi) is 7.54. The predicted octanol–water partition coefficient (Wildman–Crippen LogP) is 3.45.